The molecule has 0 nitrogen and oxygen atoms in total. The van der Waals surface area contributed by atoms with Gasteiger partial charge in [-0.25, -0.2) is 0 Å². The van der Waals surface area contributed by atoms with Gasteiger partial charge in [0.05, 0.1) is 0 Å². The first kappa shape index (κ1) is 31.4. The summed E-state index contributed by atoms with van der Waals surface area (Å²) in [6.45, 7) is 10.9. The number of hydrogen-bond acceptors (Lipinski definition) is 0. The van der Waals surface area contributed by atoms with E-state index in [0.717, 1.165) is 0 Å². The Morgan fingerprint density at radius 1 is 0.458 bits per heavy atom. The zero-order chi connectivity index (χ0) is 33.1. The Morgan fingerprint density at radius 3 is 1.62 bits per heavy atom. The second-order valence-corrected chi connectivity index (χ2v) is 17.4. The van der Waals surface area contributed by atoms with E-state index in [4.69, 9.17) is 0 Å². The molecular formula is C47H42Si-. The van der Waals surface area contributed by atoms with Crippen molar-refractivity contribution in [3.63, 3.8) is 0 Å². The van der Waals surface area contributed by atoms with Crippen molar-refractivity contribution >= 4 is 52.1 Å². The first-order valence-corrected chi connectivity index (χ1v) is 19.6. The van der Waals surface area contributed by atoms with Crippen LogP contribution in [-0.4, -0.2) is 8.07 Å². The molecule has 0 heterocycles. The summed E-state index contributed by atoms with van der Waals surface area (Å²) < 4.78 is 0. The number of fused-ring (bicyclic) bond motifs is 3. The van der Waals surface area contributed by atoms with Crippen molar-refractivity contribution in [3.05, 3.63) is 169 Å². The van der Waals surface area contributed by atoms with E-state index in [9.17, 15) is 0 Å². The topological polar surface area (TPSA) is 0 Å². The Bertz CT molecular complexity index is 2360. The molecule has 0 bridgehead atoms. The Kier molecular flexibility index (Phi) is 8.80. The summed E-state index contributed by atoms with van der Waals surface area (Å²) in [6, 6.07) is 56.6. The Morgan fingerprint density at radius 2 is 0.979 bits per heavy atom. The fourth-order valence-electron chi connectivity index (χ4n) is 7.73. The lowest BCUT2D eigenvalue weighted by Gasteiger charge is -2.44. The molecule has 0 N–H and O–H groups in total. The molecule has 7 rings (SSSR count). The van der Waals surface area contributed by atoms with Crippen LogP contribution in [0.1, 0.15) is 20.8 Å². The van der Waals surface area contributed by atoms with Crippen molar-refractivity contribution < 1.29 is 0 Å². The summed E-state index contributed by atoms with van der Waals surface area (Å²) in [4.78, 5) is 0. The summed E-state index contributed by atoms with van der Waals surface area (Å²) in [5.41, 5.74) is 7.56. The molecular weight excluding hydrogens is 593 g/mol. The number of allylic oxidation sites excluding steroid dienone is 1. The molecule has 0 aromatic heterocycles. The van der Waals surface area contributed by atoms with Gasteiger partial charge in [0, 0.05) is 0 Å². The average Bonchev–Trinajstić information content (AvgIpc) is 3.16. The minimum atomic E-state index is -1.92. The number of rotatable bonds is 8. The molecule has 0 aliphatic rings. The first-order valence-electron chi connectivity index (χ1n) is 17.2. The summed E-state index contributed by atoms with van der Waals surface area (Å²) in [5, 5.41) is 10.6. The van der Waals surface area contributed by atoms with Crippen LogP contribution in [0, 0.1) is 0 Å². The highest BCUT2D eigenvalue weighted by Crippen LogP contribution is 2.30. The standard InChI is InChI=1S/C47H42Si/c1-5-15-43-42(6-2)46-31-28-39(33-47(46)45-21-13-12-20-44(43)45)37-24-22-36(23-25-37)38-18-14-19-41(32-38)48(7-3,8-4)40-29-26-35(27-30-40)34-16-10-9-11-17-34/h5-6,9-33H,1,7-8H2,2-4H3/q-1/b42-6+,43-15+. The molecule has 235 valence electrons. The fourth-order valence-corrected chi connectivity index (χ4v) is 11.8. The van der Waals surface area contributed by atoms with Crippen molar-refractivity contribution in [3.8, 4) is 33.4 Å². The molecule has 0 radical (unpaired) electrons. The minimum absolute atomic E-state index is 1.18. The molecule has 0 amide bonds. The fraction of sp³-hybridized carbons (Fsp3) is 0.106. The first-order chi connectivity index (χ1) is 23.6. The van der Waals surface area contributed by atoms with E-state index >= 15 is 0 Å². The molecule has 0 saturated carbocycles. The Hall–Kier alpha value is -5.24. The van der Waals surface area contributed by atoms with E-state index in [-0.39, 0.29) is 0 Å². The molecule has 0 spiro atoms. The van der Waals surface area contributed by atoms with E-state index < -0.39 is 8.07 Å². The van der Waals surface area contributed by atoms with Crippen molar-refractivity contribution in [1.29, 1.82) is 0 Å². The van der Waals surface area contributed by atoms with Crippen molar-refractivity contribution in [2.75, 3.05) is 0 Å². The van der Waals surface area contributed by atoms with Gasteiger partial charge in [0.15, 0.2) is 0 Å². The molecule has 1 heteroatoms. The third-order valence-corrected chi connectivity index (χ3v) is 15.7. The molecule has 0 aliphatic heterocycles. The van der Waals surface area contributed by atoms with Gasteiger partial charge in [0.25, 0.3) is 0 Å². The largest absolute Gasteiger partial charge is 0.180 e. The summed E-state index contributed by atoms with van der Waals surface area (Å²) in [7, 11) is -1.92. The Labute approximate surface area is 286 Å². The van der Waals surface area contributed by atoms with Crippen molar-refractivity contribution in [2.24, 2.45) is 0 Å². The lowest BCUT2D eigenvalue weighted by molar-refractivity contribution is 1.29. The normalized spacial score (nSPS) is 12.6. The van der Waals surface area contributed by atoms with Gasteiger partial charge in [-0.3, -0.25) is 0 Å². The lowest BCUT2D eigenvalue weighted by Crippen LogP contribution is -2.57. The molecule has 7 aromatic carbocycles. The van der Waals surface area contributed by atoms with Crippen LogP contribution in [0.4, 0.5) is 0 Å². The van der Waals surface area contributed by atoms with Gasteiger partial charge in [0.1, 0.15) is 0 Å². The van der Waals surface area contributed by atoms with Gasteiger partial charge >= 0.3 is 0 Å². The third kappa shape index (κ3) is 5.55. The molecule has 0 saturated heterocycles. The van der Waals surface area contributed by atoms with Crippen LogP contribution < -0.4 is 20.8 Å². The maximum Gasteiger partial charge on any atom is -0.00929 e. The van der Waals surface area contributed by atoms with E-state index in [1.54, 1.807) is 0 Å². The van der Waals surface area contributed by atoms with Gasteiger partial charge in [0.2, 0.25) is 0 Å². The number of benzene rings is 7. The highest BCUT2D eigenvalue weighted by atomic mass is 28.3. The molecule has 48 heavy (non-hydrogen) atoms. The summed E-state index contributed by atoms with van der Waals surface area (Å²) in [5.74, 6) is 0. The number of hydrogen-bond donors (Lipinski definition) is 0. The van der Waals surface area contributed by atoms with Gasteiger partial charge in [-0.05, 0) is 78.4 Å². The second-order valence-electron chi connectivity index (χ2n) is 12.7. The predicted octanol–water partition coefficient (Wildman–Crippen LogP) is 10.4. The van der Waals surface area contributed by atoms with Crippen molar-refractivity contribution in [2.45, 2.75) is 32.9 Å². The van der Waals surface area contributed by atoms with Gasteiger partial charge < -0.3 is 0 Å². The zero-order valence-electron chi connectivity index (χ0n) is 28.2. The highest BCUT2D eigenvalue weighted by molar-refractivity contribution is 7.02. The molecule has 0 fully saturated rings. The molecule has 0 atom stereocenters. The van der Waals surface area contributed by atoms with E-state index in [1.165, 1.54) is 87.8 Å². The van der Waals surface area contributed by atoms with Crippen LogP contribution in [0.3, 0.4) is 0 Å². The van der Waals surface area contributed by atoms with Crippen LogP contribution in [0.5, 0.6) is 0 Å². The molecule has 0 unspecified atom stereocenters. The van der Waals surface area contributed by atoms with E-state index in [0.29, 0.717) is 0 Å². The average molecular weight is 635 g/mol. The van der Waals surface area contributed by atoms with Gasteiger partial charge in [-0.15, -0.1) is 0 Å². The van der Waals surface area contributed by atoms with Gasteiger partial charge in [-0.1, -0.05) is 186 Å². The minimum Gasteiger partial charge on any atom is -0.180 e. The lowest BCUT2D eigenvalue weighted by atomic mass is 9.93. The van der Waals surface area contributed by atoms with Crippen molar-refractivity contribution in [1.82, 2.24) is 0 Å². The third-order valence-electron chi connectivity index (χ3n) is 10.4. The van der Waals surface area contributed by atoms with Gasteiger partial charge in [-0.2, -0.15) is 22.5 Å². The SMILES string of the molecule is C=C/C=c1\c(=C/C)c2ccc(-c3ccc(-c4cccc([Si-](CC)(CC)c5ccc(-c6ccccc6)cc5)c4)cc3)cc2c2ccccc12. The monoisotopic (exact) mass is 634 g/mol. The van der Waals surface area contributed by atoms with Crippen LogP contribution >= 0.6 is 0 Å². The smallest absolute Gasteiger partial charge is 0.00929 e. The highest BCUT2D eigenvalue weighted by Gasteiger charge is 2.21. The van der Waals surface area contributed by atoms with E-state index in [1.807, 2.05) is 6.08 Å². The second kappa shape index (κ2) is 13.5. The van der Waals surface area contributed by atoms with Crippen LogP contribution in [-0.2, 0) is 0 Å². The maximum atomic E-state index is 3.98. The zero-order valence-corrected chi connectivity index (χ0v) is 29.2. The molecule has 0 aliphatic carbocycles. The maximum absolute atomic E-state index is 3.98. The van der Waals surface area contributed by atoms with E-state index in [2.05, 4.69) is 185 Å². The van der Waals surface area contributed by atoms with Crippen LogP contribution in [0.15, 0.2) is 158 Å². The predicted molar refractivity (Wildman–Crippen MR) is 214 cm³/mol. The Balaban J connectivity index is 1.24. The summed E-state index contributed by atoms with van der Waals surface area (Å²) >= 11 is 0. The van der Waals surface area contributed by atoms with Crippen LogP contribution in [0.25, 0.3) is 67.1 Å². The molecule has 7 aromatic rings. The summed E-state index contributed by atoms with van der Waals surface area (Å²) in [6.07, 6.45) is 6.25. The van der Waals surface area contributed by atoms with Crippen LogP contribution in [0.2, 0.25) is 12.1 Å². The quantitative estimate of drug-likeness (QED) is 0.115.